The molecule has 0 bridgehead atoms. The van der Waals surface area contributed by atoms with Crippen LogP contribution in [0.25, 0.3) is 0 Å². The van der Waals surface area contributed by atoms with Crippen molar-refractivity contribution >= 4 is 18.7 Å². The summed E-state index contributed by atoms with van der Waals surface area (Å²) in [4.78, 5) is 12.2. The van der Waals surface area contributed by atoms with E-state index < -0.39 is 13.9 Å². The van der Waals surface area contributed by atoms with Gasteiger partial charge in [0.2, 0.25) is 0 Å². The molecule has 1 saturated heterocycles. The van der Waals surface area contributed by atoms with Crippen LogP contribution in [0.3, 0.4) is 0 Å². The first kappa shape index (κ1) is 20.8. The smallest absolute Gasteiger partial charge is 0.258 e. The van der Waals surface area contributed by atoms with Gasteiger partial charge in [-0.15, -0.1) is 0 Å². The number of hydrogen-bond donors (Lipinski definition) is 2. The first-order valence-corrected chi connectivity index (χ1v) is 11.9. The van der Waals surface area contributed by atoms with Crippen LogP contribution in [0.4, 0.5) is 0 Å². The number of rotatable bonds is 6. The Labute approximate surface area is 169 Å². The van der Waals surface area contributed by atoms with Crippen LogP contribution in [0.5, 0.6) is 0 Å². The summed E-state index contributed by atoms with van der Waals surface area (Å²) < 4.78 is 5.89. The number of ether oxygens (including phenoxy) is 1. The Kier molecular flexibility index (Phi) is 6.06. The van der Waals surface area contributed by atoms with E-state index in [9.17, 15) is 10.1 Å². The third-order valence-corrected chi connectivity index (χ3v) is 10.7. The maximum Gasteiger partial charge on any atom is 0.258 e. The molecule has 0 amide bonds. The van der Waals surface area contributed by atoms with Crippen molar-refractivity contribution in [3.63, 3.8) is 0 Å². The SMILES string of the molecule is CC(C)(CC[C@@H]1CCC(N)(C#N)CO1)[Si](O)(c1ccccc1)c1ccccc1. The molecule has 1 aliphatic heterocycles. The van der Waals surface area contributed by atoms with E-state index in [1.807, 2.05) is 60.7 Å². The molecule has 28 heavy (non-hydrogen) atoms. The second-order valence-corrected chi connectivity index (χ2v) is 12.5. The van der Waals surface area contributed by atoms with Gasteiger partial charge in [-0.2, -0.15) is 5.26 Å². The highest BCUT2D eigenvalue weighted by Gasteiger charge is 2.50. The van der Waals surface area contributed by atoms with Crippen LogP contribution in [0.1, 0.15) is 39.5 Å². The van der Waals surface area contributed by atoms with E-state index >= 15 is 0 Å². The molecule has 0 saturated carbocycles. The second kappa shape index (κ2) is 8.18. The minimum absolute atomic E-state index is 0.0918. The lowest BCUT2D eigenvalue weighted by Gasteiger charge is -2.42. The van der Waals surface area contributed by atoms with E-state index in [0.29, 0.717) is 6.42 Å². The van der Waals surface area contributed by atoms with Gasteiger partial charge >= 0.3 is 0 Å². The summed E-state index contributed by atoms with van der Waals surface area (Å²) in [7, 11) is -2.98. The Morgan fingerprint density at radius 1 is 1.14 bits per heavy atom. The van der Waals surface area contributed by atoms with Gasteiger partial charge in [0.05, 0.1) is 18.8 Å². The fourth-order valence-electron chi connectivity index (χ4n) is 4.17. The van der Waals surface area contributed by atoms with Gasteiger partial charge in [-0.05, 0) is 41.1 Å². The molecule has 4 nitrogen and oxygen atoms in total. The molecule has 3 rings (SSSR count). The van der Waals surface area contributed by atoms with Gasteiger partial charge in [-0.1, -0.05) is 74.5 Å². The molecule has 0 aromatic heterocycles. The quantitative estimate of drug-likeness (QED) is 0.739. The van der Waals surface area contributed by atoms with Crippen molar-refractivity contribution in [3.05, 3.63) is 60.7 Å². The highest BCUT2D eigenvalue weighted by molar-refractivity contribution is 6.98. The van der Waals surface area contributed by atoms with Crippen molar-refractivity contribution in [1.29, 1.82) is 5.26 Å². The lowest BCUT2D eigenvalue weighted by Crippen LogP contribution is -2.65. The molecule has 5 heteroatoms. The zero-order valence-electron chi connectivity index (χ0n) is 16.8. The van der Waals surface area contributed by atoms with Crippen molar-refractivity contribution in [1.82, 2.24) is 0 Å². The molecule has 1 unspecified atom stereocenters. The van der Waals surface area contributed by atoms with E-state index in [-0.39, 0.29) is 17.7 Å². The van der Waals surface area contributed by atoms with Crippen LogP contribution < -0.4 is 16.1 Å². The number of nitrogens with two attached hydrogens (primary N) is 1. The van der Waals surface area contributed by atoms with Gasteiger partial charge < -0.3 is 15.3 Å². The van der Waals surface area contributed by atoms with Crippen molar-refractivity contribution < 1.29 is 9.53 Å². The molecule has 1 fully saturated rings. The Bertz CT molecular complexity index is 770. The Morgan fingerprint density at radius 3 is 2.11 bits per heavy atom. The topological polar surface area (TPSA) is 79.3 Å². The zero-order chi connectivity index (χ0) is 20.3. The van der Waals surface area contributed by atoms with Crippen molar-refractivity contribution in [2.24, 2.45) is 5.73 Å². The largest absolute Gasteiger partial charge is 0.424 e. The summed E-state index contributed by atoms with van der Waals surface area (Å²) in [6.07, 6.45) is 3.23. The molecule has 0 spiro atoms. The number of nitrogens with zero attached hydrogens (tertiary/aromatic N) is 1. The van der Waals surface area contributed by atoms with Gasteiger partial charge in [0.25, 0.3) is 8.32 Å². The zero-order valence-corrected chi connectivity index (χ0v) is 17.8. The summed E-state index contributed by atoms with van der Waals surface area (Å²) in [6, 6.07) is 22.3. The van der Waals surface area contributed by atoms with E-state index in [1.165, 1.54) is 0 Å². The molecule has 0 aliphatic carbocycles. The van der Waals surface area contributed by atoms with Gasteiger partial charge in [0.15, 0.2) is 0 Å². The Balaban J connectivity index is 1.81. The summed E-state index contributed by atoms with van der Waals surface area (Å²) in [5.41, 5.74) is 5.15. The molecule has 2 aromatic rings. The number of nitriles is 1. The second-order valence-electron chi connectivity index (χ2n) is 8.60. The van der Waals surface area contributed by atoms with Gasteiger partial charge in [-0.25, -0.2) is 0 Å². The van der Waals surface area contributed by atoms with Crippen molar-refractivity contribution in [3.8, 4) is 6.07 Å². The van der Waals surface area contributed by atoms with Crippen LogP contribution in [0.2, 0.25) is 5.04 Å². The van der Waals surface area contributed by atoms with Crippen LogP contribution in [0.15, 0.2) is 60.7 Å². The lowest BCUT2D eigenvalue weighted by atomic mass is 9.90. The lowest BCUT2D eigenvalue weighted by molar-refractivity contribution is -0.0182. The normalized spacial score (nSPS) is 23.2. The monoisotopic (exact) mass is 394 g/mol. The Morgan fingerprint density at radius 2 is 1.68 bits per heavy atom. The molecule has 1 aliphatic rings. The summed E-state index contributed by atoms with van der Waals surface area (Å²) in [5, 5.41) is 10.9. The number of hydrogen-bond acceptors (Lipinski definition) is 4. The first-order valence-electron chi connectivity index (χ1n) is 9.96. The average Bonchev–Trinajstić information content (AvgIpc) is 2.74. The minimum Gasteiger partial charge on any atom is -0.424 e. The maximum absolute atomic E-state index is 12.2. The third kappa shape index (κ3) is 4.06. The fraction of sp³-hybridized carbons (Fsp3) is 0.435. The van der Waals surface area contributed by atoms with E-state index in [4.69, 9.17) is 10.5 Å². The summed E-state index contributed by atoms with van der Waals surface area (Å²) in [6.45, 7) is 4.63. The first-order chi connectivity index (χ1) is 13.3. The standard InChI is InChI=1S/C23H30N2O2Si/c1-22(2,15-13-19-14-16-23(25,17-24)18-27-19)28(26,20-9-5-3-6-10-20)21-11-7-4-8-12-21/h3-12,19,26H,13-16,18,25H2,1-2H3/t19-,23?/m1/s1. The van der Waals surface area contributed by atoms with Crippen molar-refractivity contribution in [2.45, 2.75) is 56.2 Å². The van der Waals surface area contributed by atoms with Crippen LogP contribution in [0, 0.1) is 11.3 Å². The molecule has 0 radical (unpaired) electrons. The van der Waals surface area contributed by atoms with Crippen LogP contribution >= 0.6 is 0 Å². The van der Waals surface area contributed by atoms with E-state index in [0.717, 1.165) is 29.6 Å². The maximum atomic E-state index is 12.2. The fourth-order valence-corrected chi connectivity index (χ4v) is 7.92. The van der Waals surface area contributed by atoms with E-state index in [2.05, 4.69) is 19.9 Å². The third-order valence-electron chi connectivity index (χ3n) is 6.17. The molecular weight excluding hydrogens is 364 g/mol. The Hall–Kier alpha value is -1.97. The molecule has 1 heterocycles. The molecular formula is C23H30N2O2Si. The highest BCUT2D eigenvalue weighted by Crippen LogP contribution is 2.41. The molecule has 3 N–H and O–H groups in total. The van der Waals surface area contributed by atoms with Crippen molar-refractivity contribution in [2.75, 3.05) is 6.61 Å². The number of benzene rings is 2. The van der Waals surface area contributed by atoms with Gasteiger partial charge in [0, 0.05) is 0 Å². The highest BCUT2D eigenvalue weighted by atomic mass is 28.4. The summed E-state index contributed by atoms with van der Waals surface area (Å²) >= 11 is 0. The minimum atomic E-state index is -2.98. The molecule has 148 valence electrons. The van der Waals surface area contributed by atoms with Gasteiger partial charge in [0.1, 0.15) is 5.54 Å². The predicted molar refractivity (Wildman–Crippen MR) is 115 cm³/mol. The summed E-state index contributed by atoms with van der Waals surface area (Å²) in [5.74, 6) is 0. The van der Waals surface area contributed by atoms with Crippen LogP contribution in [-0.2, 0) is 4.74 Å². The van der Waals surface area contributed by atoms with Crippen LogP contribution in [-0.4, -0.2) is 31.4 Å². The molecule has 2 atom stereocenters. The molecule has 2 aromatic carbocycles. The van der Waals surface area contributed by atoms with Gasteiger partial charge in [-0.3, -0.25) is 0 Å². The predicted octanol–water partition coefficient (Wildman–Crippen LogP) is 2.70. The average molecular weight is 395 g/mol. The van der Waals surface area contributed by atoms with E-state index in [1.54, 1.807) is 0 Å².